The Kier molecular flexibility index (Phi) is 7.96. The molecule has 4 nitrogen and oxygen atoms in total. The average molecular weight is 245 g/mol. The molecule has 0 aliphatic heterocycles. The Morgan fingerprint density at radius 1 is 1.24 bits per heavy atom. The smallest absolute Gasteiger partial charge is 0.0654 e. The highest BCUT2D eigenvalue weighted by atomic mass is 16.5. The second-order valence-electron chi connectivity index (χ2n) is 4.98. The molecule has 0 aliphatic rings. The van der Waals surface area contributed by atoms with Gasteiger partial charge in [0.25, 0.3) is 0 Å². The maximum Gasteiger partial charge on any atom is 0.0654 e. The molecule has 0 aromatic carbocycles. The van der Waals surface area contributed by atoms with Crippen LogP contribution in [0.5, 0.6) is 0 Å². The van der Waals surface area contributed by atoms with Gasteiger partial charge in [-0.25, -0.2) is 0 Å². The zero-order valence-corrected chi connectivity index (χ0v) is 12.4. The minimum atomic E-state index is 0.0349. The van der Waals surface area contributed by atoms with Crippen molar-refractivity contribution in [1.29, 1.82) is 0 Å². The number of rotatable bonds is 9. The fourth-order valence-electron chi connectivity index (χ4n) is 2.33. The van der Waals surface area contributed by atoms with Crippen LogP contribution in [0, 0.1) is 0 Å². The van der Waals surface area contributed by atoms with Crippen molar-refractivity contribution in [3.63, 3.8) is 0 Å². The van der Waals surface area contributed by atoms with Crippen LogP contribution in [0.2, 0.25) is 0 Å². The van der Waals surface area contributed by atoms with Gasteiger partial charge in [-0.3, -0.25) is 16.2 Å². The molecule has 0 spiro atoms. The molecule has 0 bridgehead atoms. The third-order valence-electron chi connectivity index (χ3n) is 3.75. The van der Waals surface area contributed by atoms with Crippen LogP contribution in [0.15, 0.2) is 0 Å². The van der Waals surface area contributed by atoms with Crippen LogP contribution in [-0.2, 0) is 4.74 Å². The molecular weight excluding hydrogens is 214 g/mol. The third-order valence-corrected chi connectivity index (χ3v) is 3.75. The molecule has 2 atom stereocenters. The second kappa shape index (κ2) is 8.03. The number of nitrogens with zero attached hydrogens (tertiary/aromatic N) is 1. The molecule has 0 saturated carbocycles. The summed E-state index contributed by atoms with van der Waals surface area (Å²) in [6.45, 7) is 15.6. The topological polar surface area (TPSA) is 50.5 Å². The van der Waals surface area contributed by atoms with E-state index in [2.05, 4.69) is 38.0 Å². The molecule has 0 aromatic rings. The van der Waals surface area contributed by atoms with Gasteiger partial charge < -0.3 is 4.74 Å². The Morgan fingerprint density at radius 3 is 2.06 bits per heavy atom. The zero-order valence-electron chi connectivity index (χ0n) is 12.4. The molecule has 0 heterocycles. The van der Waals surface area contributed by atoms with Crippen molar-refractivity contribution < 1.29 is 4.74 Å². The van der Waals surface area contributed by atoms with Crippen molar-refractivity contribution in [3.05, 3.63) is 0 Å². The Bertz CT molecular complexity index is 195. The van der Waals surface area contributed by atoms with E-state index in [0.29, 0.717) is 6.61 Å². The molecule has 0 fully saturated rings. The molecule has 3 N–H and O–H groups in total. The van der Waals surface area contributed by atoms with Gasteiger partial charge in [-0.15, -0.1) is 0 Å². The predicted molar refractivity (Wildman–Crippen MR) is 73.8 cm³/mol. The fourth-order valence-corrected chi connectivity index (χ4v) is 2.33. The van der Waals surface area contributed by atoms with Crippen LogP contribution in [-0.4, -0.2) is 42.3 Å². The first-order valence-electron chi connectivity index (χ1n) is 6.78. The number of hydrazine groups is 1. The second-order valence-corrected chi connectivity index (χ2v) is 4.98. The highest BCUT2D eigenvalue weighted by Gasteiger charge is 2.36. The van der Waals surface area contributed by atoms with E-state index in [9.17, 15) is 0 Å². The van der Waals surface area contributed by atoms with Crippen LogP contribution in [0.4, 0.5) is 0 Å². The zero-order chi connectivity index (χ0) is 13.5. The van der Waals surface area contributed by atoms with Crippen LogP contribution in [0.1, 0.15) is 48.0 Å². The van der Waals surface area contributed by atoms with Gasteiger partial charge in [0, 0.05) is 5.54 Å². The van der Waals surface area contributed by atoms with Gasteiger partial charge in [0.1, 0.15) is 0 Å². The van der Waals surface area contributed by atoms with Gasteiger partial charge in [-0.2, -0.15) is 0 Å². The Morgan fingerprint density at radius 2 is 1.76 bits per heavy atom. The third kappa shape index (κ3) is 4.54. The predicted octanol–water partition coefficient (Wildman–Crippen LogP) is 1.75. The summed E-state index contributed by atoms with van der Waals surface area (Å²) in [5.74, 6) is 5.71. The highest BCUT2D eigenvalue weighted by molar-refractivity contribution is 4.95. The van der Waals surface area contributed by atoms with Crippen molar-refractivity contribution in [2.75, 3.05) is 19.7 Å². The summed E-state index contributed by atoms with van der Waals surface area (Å²) in [6, 6.07) is 0.148. The molecule has 2 unspecified atom stereocenters. The Balaban J connectivity index is 4.75. The number of hydrogen-bond donors (Lipinski definition) is 2. The summed E-state index contributed by atoms with van der Waals surface area (Å²) in [7, 11) is 0. The van der Waals surface area contributed by atoms with Crippen molar-refractivity contribution in [2.24, 2.45) is 5.84 Å². The van der Waals surface area contributed by atoms with Crippen LogP contribution < -0.4 is 11.3 Å². The number of nitrogens with one attached hydrogen (secondary N) is 1. The normalized spacial score (nSPS) is 17.5. The molecule has 0 radical (unpaired) electrons. The van der Waals surface area contributed by atoms with E-state index in [1.54, 1.807) is 0 Å². The van der Waals surface area contributed by atoms with Gasteiger partial charge in [-0.05, 0) is 40.3 Å². The summed E-state index contributed by atoms with van der Waals surface area (Å²) in [5, 5.41) is 0. The lowest BCUT2D eigenvalue weighted by atomic mass is 9.87. The lowest BCUT2D eigenvalue weighted by Crippen LogP contribution is -2.62. The number of ether oxygens (including phenoxy) is 1. The van der Waals surface area contributed by atoms with E-state index in [-0.39, 0.29) is 17.7 Å². The molecule has 0 rings (SSSR count). The standard InChI is InChI=1S/C13H31N3O/c1-7-13(6,16(8-2)9-3)12(15-14)10-17-11(4)5/h11-12,15H,7-10,14H2,1-6H3. The van der Waals surface area contributed by atoms with E-state index >= 15 is 0 Å². The first-order valence-corrected chi connectivity index (χ1v) is 6.78. The molecular formula is C13H31N3O. The molecule has 104 valence electrons. The summed E-state index contributed by atoms with van der Waals surface area (Å²) < 4.78 is 5.71. The molecule has 0 saturated heterocycles. The van der Waals surface area contributed by atoms with Crippen molar-refractivity contribution >= 4 is 0 Å². The quantitative estimate of drug-likeness (QED) is 0.480. The molecule has 17 heavy (non-hydrogen) atoms. The van der Waals surface area contributed by atoms with Crippen LogP contribution >= 0.6 is 0 Å². The van der Waals surface area contributed by atoms with E-state index in [4.69, 9.17) is 10.6 Å². The van der Waals surface area contributed by atoms with Gasteiger partial charge in [0.05, 0.1) is 18.8 Å². The molecule has 0 amide bonds. The van der Waals surface area contributed by atoms with E-state index in [1.807, 2.05) is 13.8 Å². The summed E-state index contributed by atoms with van der Waals surface area (Å²) in [6.07, 6.45) is 1.29. The van der Waals surface area contributed by atoms with E-state index < -0.39 is 0 Å². The van der Waals surface area contributed by atoms with Gasteiger partial charge in [0.15, 0.2) is 0 Å². The molecule has 4 heteroatoms. The van der Waals surface area contributed by atoms with Gasteiger partial charge in [-0.1, -0.05) is 20.8 Å². The highest BCUT2D eigenvalue weighted by Crippen LogP contribution is 2.23. The fraction of sp³-hybridized carbons (Fsp3) is 1.00. The maximum atomic E-state index is 5.71. The van der Waals surface area contributed by atoms with Crippen LogP contribution in [0.3, 0.4) is 0 Å². The first-order chi connectivity index (χ1) is 7.96. The lowest BCUT2D eigenvalue weighted by Gasteiger charge is -2.45. The first kappa shape index (κ1) is 16.8. The van der Waals surface area contributed by atoms with Gasteiger partial charge in [0.2, 0.25) is 0 Å². The van der Waals surface area contributed by atoms with Crippen molar-refractivity contribution in [1.82, 2.24) is 10.3 Å². The number of hydrogen-bond acceptors (Lipinski definition) is 4. The summed E-state index contributed by atoms with van der Waals surface area (Å²) >= 11 is 0. The Hall–Kier alpha value is -0.160. The van der Waals surface area contributed by atoms with Gasteiger partial charge >= 0.3 is 0 Å². The van der Waals surface area contributed by atoms with E-state index in [0.717, 1.165) is 19.5 Å². The minimum Gasteiger partial charge on any atom is -0.377 e. The minimum absolute atomic E-state index is 0.0349. The van der Waals surface area contributed by atoms with Crippen LogP contribution in [0.25, 0.3) is 0 Å². The van der Waals surface area contributed by atoms with Crippen molar-refractivity contribution in [2.45, 2.75) is 65.6 Å². The monoisotopic (exact) mass is 245 g/mol. The maximum absolute atomic E-state index is 5.71. The average Bonchev–Trinajstić information content (AvgIpc) is 2.30. The molecule has 0 aliphatic carbocycles. The lowest BCUT2D eigenvalue weighted by molar-refractivity contribution is -0.00245. The van der Waals surface area contributed by atoms with E-state index in [1.165, 1.54) is 0 Å². The summed E-state index contributed by atoms with van der Waals surface area (Å²) in [5.41, 5.74) is 2.97. The van der Waals surface area contributed by atoms with Crippen molar-refractivity contribution in [3.8, 4) is 0 Å². The number of nitrogens with two attached hydrogens (primary N) is 1. The Labute approximate surface area is 107 Å². The largest absolute Gasteiger partial charge is 0.377 e. The SMILES string of the molecule is CCN(CC)C(C)(CC)C(COC(C)C)NN. The summed E-state index contributed by atoms with van der Waals surface area (Å²) in [4.78, 5) is 2.45. The number of likely N-dealkylation sites (N-methyl/N-ethyl adjacent to an activating group) is 1. The molecule has 0 aromatic heterocycles.